The van der Waals surface area contributed by atoms with Gasteiger partial charge in [-0.3, -0.25) is 20.4 Å². The van der Waals surface area contributed by atoms with Crippen LogP contribution in [0.1, 0.15) is 33.2 Å². The van der Waals surface area contributed by atoms with E-state index in [9.17, 15) is 31.2 Å². The Kier molecular flexibility index (Phi) is 7.14. The number of amides is 1. The van der Waals surface area contributed by atoms with Crippen LogP contribution < -0.4 is 15.6 Å². The highest BCUT2D eigenvalue weighted by Crippen LogP contribution is 2.19. The van der Waals surface area contributed by atoms with Gasteiger partial charge >= 0.3 is 0 Å². The molecular formula is C22H18F3N3O4S. The van der Waals surface area contributed by atoms with Crippen molar-refractivity contribution >= 4 is 27.4 Å². The second-order valence-corrected chi connectivity index (χ2v) is 8.67. The fraction of sp³-hybridized carbons (Fsp3) is 0.0909. The van der Waals surface area contributed by atoms with Crippen molar-refractivity contribution in [1.82, 2.24) is 10.1 Å². The lowest BCUT2D eigenvalue weighted by Crippen LogP contribution is -2.30. The number of nitrogens with one attached hydrogen (secondary N) is 3. The third kappa shape index (κ3) is 5.76. The zero-order valence-corrected chi connectivity index (χ0v) is 18.0. The smallest absolute Gasteiger partial charge is 0.269 e. The van der Waals surface area contributed by atoms with E-state index in [1.165, 1.54) is 55.5 Å². The summed E-state index contributed by atoms with van der Waals surface area (Å²) in [5.41, 5.74) is 4.97. The number of ketones is 1. The third-order valence-corrected chi connectivity index (χ3v) is 6.02. The van der Waals surface area contributed by atoms with Gasteiger partial charge in [-0.05, 0) is 48.9 Å². The minimum Gasteiger partial charge on any atom is -0.295 e. The molecule has 0 aliphatic carbocycles. The number of hydrazine groups is 1. The summed E-state index contributed by atoms with van der Waals surface area (Å²) in [6, 6.07) is 13.0. The van der Waals surface area contributed by atoms with Gasteiger partial charge in [0.25, 0.3) is 5.91 Å². The molecule has 0 heterocycles. The largest absolute Gasteiger partial charge is 0.295 e. The summed E-state index contributed by atoms with van der Waals surface area (Å²) in [6.45, 7) is 1.32. The molecule has 0 aliphatic heterocycles. The molecule has 1 amide bonds. The SMILES string of the molecule is CC(=O)c1ccc(S(=O)(=O)NCc2ccc(C(=O)NNc3ccc(F)c(F)c3F)cc2)cc1. The van der Waals surface area contributed by atoms with Crippen molar-refractivity contribution in [2.24, 2.45) is 0 Å². The summed E-state index contributed by atoms with van der Waals surface area (Å²) < 4.78 is 67.0. The van der Waals surface area contributed by atoms with Crippen LogP contribution in [0.15, 0.2) is 65.6 Å². The number of halogens is 3. The lowest BCUT2D eigenvalue weighted by Gasteiger charge is -2.11. The van der Waals surface area contributed by atoms with Crippen LogP contribution in [0.2, 0.25) is 0 Å². The average Bonchev–Trinajstić information content (AvgIpc) is 2.81. The van der Waals surface area contributed by atoms with Crippen LogP contribution in [0.3, 0.4) is 0 Å². The standard InChI is InChI=1S/C22H18F3N3O4S/c1-13(29)15-6-8-17(9-7-15)33(31,32)26-12-14-2-4-16(5-3-14)22(30)28-27-19-11-10-18(23)20(24)21(19)25/h2-11,26-27H,12H2,1H3,(H,28,30). The normalized spacial score (nSPS) is 11.2. The molecule has 172 valence electrons. The predicted octanol–water partition coefficient (Wildman–Crippen LogP) is 3.54. The number of rotatable bonds is 8. The van der Waals surface area contributed by atoms with Gasteiger partial charge in [0, 0.05) is 17.7 Å². The number of anilines is 1. The Balaban J connectivity index is 1.59. The Morgan fingerprint density at radius 1 is 0.818 bits per heavy atom. The van der Waals surface area contributed by atoms with E-state index < -0.39 is 39.1 Å². The van der Waals surface area contributed by atoms with Crippen LogP contribution >= 0.6 is 0 Å². The first-order valence-corrected chi connectivity index (χ1v) is 11.0. The van der Waals surface area contributed by atoms with E-state index in [2.05, 4.69) is 15.6 Å². The lowest BCUT2D eigenvalue weighted by molar-refractivity contribution is 0.0961. The fourth-order valence-corrected chi connectivity index (χ4v) is 3.74. The highest BCUT2D eigenvalue weighted by molar-refractivity contribution is 7.89. The van der Waals surface area contributed by atoms with E-state index in [4.69, 9.17) is 0 Å². The number of hydrogen-bond acceptors (Lipinski definition) is 5. The van der Waals surface area contributed by atoms with Crippen molar-refractivity contribution in [1.29, 1.82) is 0 Å². The zero-order chi connectivity index (χ0) is 24.2. The molecule has 0 atom stereocenters. The van der Waals surface area contributed by atoms with E-state index in [1.54, 1.807) is 0 Å². The van der Waals surface area contributed by atoms with Crippen molar-refractivity contribution in [3.8, 4) is 0 Å². The van der Waals surface area contributed by atoms with Gasteiger partial charge in [0.15, 0.2) is 23.2 Å². The average molecular weight is 477 g/mol. The maximum absolute atomic E-state index is 13.6. The number of Topliss-reactive ketones (excluding diaryl/α,β-unsaturated/α-hetero) is 1. The molecule has 0 saturated carbocycles. The van der Waals surface area contributed by atoms with Gasteiger partial charge in [0.2, 0.25) is 10.0 Å². The first-order chi connectivity index (χ1) is 15.6. The van der Waals surface area contributed by atoms with Crippen molar-refractivity contribution in [3.05, 3.63) is 94.8 Å². The summed E-state index contributed by atoms with van der Waals surface area (Å²) in [5.74, 6) is -5.37. The molecule has 3 aromatic rings. The van der Waals surface area contributed by atoms with Crippen molar-refractivity contribution < 1.29 is 31.2 Å². The maximum atomic E-state index is 13.6. The number of benzene rings is 3. The molecule has 7 nitrogen and oxygen atoms in total. The second-order valence-electron chi connectivity index (χ2n) is 6.90. The molecule has 0 radical (unpaired) electrons. The Morgan fingerprint density at radius 2 is 1.42 bits per heavy atom. The molecule has 0 bridgehead atoms. The van der Waals surface area contributed by atoms with E-state index >= 15 is 0 Å². The minimum atomic E-state index is -3.82. The Morgan fingerprint density at radius 3 is 2.03 bits per heavy atom. The van der Waals surface area contributed by atoms with Crippen molar-refractivity contribution in [2.75, 3.05) is 5.43 Å². The van der Waals surface area contributed by atoms with Crippen LogP contribution in [0.25, 0.3) is 0 Å². The molecule has 0 aromatic heterocycles. The van der Waals surface area contributed by atoms with Gasteiger partial charge in [0.1, 0.15) is 0 Å². The van der Waals surface area contributed by atoms with E-state index in [0.717, 1.165) is 6.07 Å². The Labute approximate surface area is 187 Å². The highest BCUT2D eigenvalue weighted by Gasteiger charge is 2.16. The molecule has 3 rings (SSSR count). The summed E-state index contributed by atoms with van der Waals surface area (Å²) in [6.07, 6.45) is 0. The minimum absolute atomic E-state index is 0.000894. The van der Waals surface area contributed by atoms with E-state index in [-0.39, 0.29) is 22.8 Å². The van der Waals surface area contributed by atoms with Gasteiger partial charge in [-0.2, -0.15) is 0 Å². The van der Waals surface area contributed by atoms with Crippen molar-refractivity contribution in [2.45, 2.75) is 18.4 Å². The molecular weight excluding hydrogens is 459 g/mol. The summed E-state index contributed by atoms with van der Waals surface area (Å²) in [7, 11) is -3.82. The van der Waals surface area contributed by atoms with E-state index in [1.807, 2.05) is 0 Å². The number of carbonyl (C=O) groups excluding carboxylic acids is 2. The second kappa shape index (κ2) is 9.84. The molecule has 3 aromatic carbocycles. The third-order valence-electron chi connectivity index (χ3n) is 4.60. The summed E-state index contributed by atoms with van der Waals surface area (Å²) in [4.78, 5) is 23.5. The number of sulfonamides is 1. The van der Waals surface area contributed by atoms with Gasteiger partial charge in [-0.15, -0.1) is 0 Å². The van der Waals surface area contributed by atoms with Gasteiger partial charge in [0.05, 0.1) is 10.6 Å². The van der Waals surface area contributed by atoms with Gasteiger partial charge < -0.3 is 0 Å². The van der Waals surface area contributed by atoms with Gasteiger partial charge in [-0.1, -0.05) is 24.3 Å². The quantitative estimate of drug-likeness (QED) is 0.262. The molecule has 11 heteroatoms. The summed E-state index contributed by atoms with van der Waals surface area (Å²) >= 11 is 0. The topological polar surface area (TPSA) is 104 Å². The highest BCUT2D eigenvalue weighted by atomic mass is 32.2. The monoisotopic (exact) mass is 477 g/mol. The fourth-order valence-electron chi connectivity index (χ4n) is 2.72. The van der Waals surface area contributed by atoms with E-state index in [0.29, 0.717) is 17.2 Å². The molecule has 0 spiro atoms. The molecule has 0 fully saturated rings. The summed E-state index contributed by atoms with van der Waals surface area (Å²) in [5, 5.41) is 0. The van der Waals surface area contributed by atoms with Crippen LogP contribution in [0, 0.1) is 17.5 Å². The Hall–Kier alpha value is -3.70. The van der Waals surface area contributed by atoms with Crippen LogP contribution in [0.5, 0.6) is 0 Å². The molecule has 3 N–H and O–H groups in total. The zero-order valence-electron chi connectivity index (χ0n) is 17.2. The molecule has 0 unspecified atom stereocenters. The van der Waals surface area contributed by atoms with Crippen molar-refractivity contribution in [3.63, 3.8) is 0 Å². The Bertz CT molecular complexity index is 1300. The first-order valence-electron chi connectivity index (χ1n) is 9.48. The van der Waals surface area contributed by atoms with Crippen LogP contribution in [-0.2, 0) is 16.6 Å². The maximum Gasteiger partial charge on any atom is 0.269 e. The predicted molar refractivity (Wildman–Crippen MR) is 114 cm³/mol. The lowest BCUT2D eigenvalue weighted by atomic mass is 10.1. The van der Waals surface area contributed by atoms with Gasteiger partial charge in [-0.25, -0.2) is 26.3 Å². The molecule has 33 heavy (non-hydrogen) atoms. The first kappa shape index (κ1) is 24.0. The molecule has 0 saturated heterocycles. The van der Waals surface area contributed by atoms with Crippen LogP contribution in [0.4, 0.5) is 18.9 Å². The number of carbonyl (C=O) groups is 2. The van der Waals surface area contributed by atoms with Crippen LogP contribution in [-0.4, -0.2) is 20.1 Å². The number of hydrogen-bond donors (Lipinski definition) is 3. The molecule has 0 aliphatic rings.